The van der Waals surface area contributed by atoms with Gasteiger partial charge in [0.15, 0.2) is 0 Å². The van der Waals surface area contributed by atoms with E-state index in [4.69, 9.17) is 5.11 Å². The first-order valence-corrected chi connectivity index (χ1v) is 6.39. The van der Waals surface area contributed by atoms with Crippen LogP contribution in [-0.2, 0) is 4.79 Å². The molecule has 0 heterocycles. The maximum Gasteiger partial charge on any atom is 0.326 e. The number of benzene rings is 1. The Hall–Kier alpha value is -1.17. The normalized spacial score (nSPS) is 12.2. The van der Waals surface area contributed by atoms with Crippen molar-refractivity contribution in [3.8, 4) is 0 Å². The fourth-order valence-corrected chi connectivity index (χ4v) is 1.92. The molecule has 0 radical (unpaired) electrons. The minimum atomic E-state index is -1.12. The molecule has 0 amide bonds. The second kappa shape index (κ2) is 6.68. The monoisotopic (exact) mass is 321 g/mol. The van der Waals surface area contributed by atoms with Gasteiger partial charge >= 0.3 is 5.97 Å². The van der Waals surface area contributed by atoms with E-state index in [2.05, 4.69) is 21.2 Å². The third-order valence-electron chi connectivity index (χ3n) is 2.47. The number of aliphatic carboxylic acids is 1. The van der Waals surface area contributed by atoms with E-state index in [0.29, 0.717) is 12.8 Å². The van der Waals surface area contributed by atoms with Crippen LogP contribution in [0.5, 0.6) is 0 Å². The van der Waals surface area contributed by atoms with Crippen molar-refractivity contribution in [3.05, 3.63) is 28.2 Å². The number of rotatable bonds is 6. The maximum atomic E-state index is 13.5. The molecule has 0 aromatic heterocycles. The Bertz CT molecular complexity index is 417. The molecule has 1 rings (SSSR count). The second-order valence-corrected chi connectivity index (χ2v) is 4.84. The van der Waals surface area contributed by atoms with Gasteiger partial charge in [-0.3, -0.25) is 0 Å². The van der Waals surface area contributed by atoms with Crippen molar-refractivity contribution in [3.63, 3.8) is 0 Å². The molecule has 0 fully saturated rings. The van der Waals surface area contributed by atoms with Crippen molar-refractivity contribution in [2.24, 2.45) is 0 Å². The number of nitrogens with one attached hydrogen (secondary N) is 1. The number of anilines is 1. The van der Waals surface area contributed by atoms with Gasteiger partial charge in [-0.1, -0.05) is 35.7 Å². The molecule has 0 spiro atoms. The summed E-state index contributed by atoms with van der Waals surface area (Å²) in [4.78, 5) is 11.0. The van der Waals surface area contributed by atoms with E-state index in [-0.39, 0.29) is 4.47 Å². The third kappa shape index (κ3) is 3.94. The molecule has 0 aliphatic rings. The van der Waals surface area contributed by atoms with Crippen molar-refractivity contribution in [1.82, 2.24) is 0 Å². The van der Waals surface area contributed by atoms with Gasteiger partial charge in [0.1, 0.15) is 23.4 Å². The van der Waals surface area contributed by atoms with Gasteiger partial charge in [-0.05, 0) is 18.6 Å². The Morgan fingerprint density at radius 3 is 2.44 bits per heavy atom. The van der Waals surface area contributed by atoms with Crippen molar-refractivity contribution >= 4 is 27.6 Å². The summed E-state index contributed by atoms with van der Waals surface area (Å²) in [7, 11) is 0. The van der Waals surface area contributed by atoms with Crippen LogP contribution < -0.4 is 5.32 Å². The summed E-state index contributed by atoms with van der Waals surface area (Å²) >= 11 is 2.96. The molecule has 1 aromatic carbocycles. The number of unbranched alkanes of at least 4 members (excludes halogenated alkanes) is 1. The van der Waals surface area contributed by atoms with Gasteiger partial charge in [0.05, 0.1) is 0 Å². The highest BCUT2D eigenvalue weighted by atomic mass is 79.9. The van der Waals surface area contributed by atoms with Gasteiger partial charge in [0.25, 0.3) is 0 Å². The molecule has 0 aliphatic heterocycles. The predicted molar refractivity (Wildman–Crippen MR) is 68.6 cm³/mol. The molecule has 0 saturated heterocycles. The van der Waals surface area contributed by atoms with E-state index < -0.39 is 29.3 Å². The highest BCUT2D eigenvalue weighted by molar-refractivity contribution is 9.10. The lowest BCUT2D eigenvalue weighted by atomic mass is 10.1. The Labute approximate surface area is 112 Å². The summed E-state index contributed by atoms with van der Waals surface area (Å²) in [6.07, 6.45) is 1.81. The number of hydrogen-bond acceptors (Lipinski definition) is 2. The highest BCUT2D eigenvalue weighted by Crippen LogP contribution is 2.25. The van der Waals surface area contributed by atoms with Crippen LogP contribution >= 0.6 is 15.9 Å². The predicted octanol–water partition coefficient (Wildman–Crippen LogP) is 3.78. The zero-order chi connectivity index (χ0) is 13.7. The number of carbonyl (C=O) groups is 1. The van der Waals surface area contributed by atoms with Crippen molar-refractivity contribution in [1.29, 1.82) is 0 Å². The first-order chi connectivity index (χ1) is 8.45. The van der Waals surface area contributed by atoms with Crippen LogP contribution in [0, 0.1) is 11.6 Å². The molecule has 1 unspecified atom stereocenters. The molecule has 18 heavy (non-hydrogen) atoms. The van der Waals surface area contributed by atoms with E-state index in [9.17, 15) is 13.6 Å². The summed E-state index contributed by atoms with van der Waals surface area (Å²) in [5, 5.41) is 11.4. The van der Waals surface area contributed by atoms with Gasteiger partial charge in [0, 0.05) is 4.47 Å². The molecule has 0 bridgehead atoms. The van der Waals surface area contributed by atoms with E-state index >= 15 is 0 Å². The lowest BCUT2D eigenvalue weighted by Crippen LogP contribution is -2.30. The maximum absolute atomic E-state index is 13.5. The number of carboxylic acids is 1. The first kappa shape index (κ1) is 14.9. The van der Waals surface area contributed by atoms with Gasteiger partial charge in [-0.25, -0.2) is 13.6 Å². The zero-order valence-electron chi connectivity index (χ0n) is 9.84. The van der Waals surface area contributed by atoms with Crippen LogP contribution in [0.15, 0.2) is 16.6 Å². The average Bonchev–Trinajstić information content (AvgIpc) is 2.26. The topological polar surface area (TPSA) is 49.3 Å². The standard InChI is InChI=1S/C12H14BrF2NO2/c1-2-3-4-10(12(17)18)16-11-8(14)5-7(13)6-9(11)15/h5-6,10,16H,2-4H2,1H3,(H,17,18). The van der Waals surface area contributed by atoms with E-state index in [1.54, 1.807) is 0 Å². The van der Waals surface area contributed by atoms with Crippen molar-refractivity contribution < 1.29 is 18.7 Å². The fourth-order valence-electron chi connectivity index (χ4n) is 1.52. The second-order valence-electron chi connectivity index (χ2n) is 3.92. The Morgan fingerprint density at radius 2 is 2.00 bits per heavy atom. The van der Waals surface area contributed by atoms with Crippen LogP contribution in [0.25, 0.3) is 0 Å². The van der Waals surface area contributed by atoms with Crippen LogP contribution in [0.1, 0.15) is 26.2 Å². The van der Waals surface area contributed by atoms with E-state index in [1.165, 1.54) is 0 Å². The van der Waals surface area contributed by atoms with Crippen LogP contribution in [0.4, 0.5) is 14.5 Å². The fraction of sp³-hybridized carbons (Fsp3) is 0.417. The molecule has 3 nitrogen and oxygen atoms in total. The Balaban J connectivity index is 2.90. The molecule has 6 heteroatoms. The van der Waals surface area contributed by atoms with Crippen molar-refractivity contribution in [2.75, 3.05) is 5.32 Å². The zero-order valence-corrected chi connectivity index (χ0v) is 11.4. The smallest absolute Gasteiger partial charge is 0.326 e. The molecule has 1 aromatic rings. The van der Waals surface area contributed by atoms with Crippen molar-refractivity contribution in [2.45, 2.75) is 32.2 Å². The van der Waals surface area contributed by atoms with Gasteiger partial charge in [-0.2, -0.15) is 0 Å². The van der Waals surface area contributed by atoms with Crippen LogP contribution in [0.3, 0.4) is 0 Å². The van der Waals surface area contributed by atoms with Gasteiger partial charge in [0.2, 0.25) is 0 Å². The lowest BCUT2D eigenvalue weighted by molar-refractivity contribution is -0.138. The van der Waals surface area contributed by atoms with E-state index in [0.717, 1.165) is 18.6 Å². The highest BCUT2D eigenvalue weighted by Gasteiger charge is 2.20. The molecule has 0 saturated carbocycles. The lowest BCUT2D eigenvalue weighted by Gasteiger charge is -2.16. The van der Waals surface area contributed by atoms with Gasteiger partial charge in [-0.15, -0.1) is 0 Å². The average molecular weight is 322 g/mol. The minimum absolute atomic E-state index is 0.267. The number of hydrogen-bond donors (Lipinski definition) is 2. The molecular formula is C12H14BrF2NO2. The number of halogens is 3. The van der Waals surface area contributed by atoms with Crippen LogP contribution in [-0.4, -0.2) is 17.1 Å². The quantitative estimate of drug-likeness (QED) is 0.838. The van der Waals surface area contributed by atoms with Crippen LogP contribution in [0.2, 0.25) is 0 Å². The Morgan fingerprint density at radius 1 is 1.44 bits per heavy atom. The summed E-state index contributed by atoms with van der Waals surface area (Å²) in [6, 6.07) is 1.18. The summed E-state index contributed by atoms with van der Waals surface area (Å²) in [5.41, 5.74) is -0.401. The molecule has 1 atom stereocenters. The van der Waals surface area contributed by atoms with E-state index in [1.807, 2.05) is 6.92 Å². The SMILES string of the molecule is CCCCC(Nc1c(F)cc(Br)cc1F)C(=O)O. The minimum Gasteiger partial charge on any atom is -0.480 e. The summed E-state index contributed by atoms with van der Waals surface area (Å²) in [5.74, 6) is -2.75. The molecule has 0 aliphatic carbocycles. The molecule has 100 valence electrons. The molecule has 2 N–H and O–H groups in total. The Kier molecular flexibility index (Phi) is 5.53. The summed E-state index contributed by atoms with van der Waals surface area (Å²) < 4.78 is 27.3. The summed E-state index contributed by atoms with van der Waals surface area (Å²) in [6.45, 7) is 1.92. The van der Waals surface area contributed by atoms with Gasteiger partial charge < -0.3 is 10.4 Å². The first-order valence-electron chi connectivity index (χ1n) is 5.59. The largest absolute Gasteiger partial charge is 0.480 e. The number of carboxylic acid groups (broad SMARTS) is 1. The third-order valence-corrected chi connectivity index (χ3v) is 2.93. The molecular weight excluding hydrogens is 308 g/mol.